The van der Waals surface area contributed by atoms with E-state index in [1.165, 1.54) is 11.8 Å². The van der Waals surface area contributed by atoms with Crippen LogP contribution >= 0.6 is 35.6 Å². The summed E-state index contributed by atoms with van der Waals surface area (Å²) in [6.45, 7) is 5.17. The third kappa shape index (κ3) is 6.01. The monoisotopic (exact) mass is 559 g/mol. The molecule has 1 saturated heterocycles. The van der Waals surface area contributed by atoms with E-state index in [9.17, 15) is 4.79 Å². The van der Waals surface area contributed by atoms with Crippen LogP contribution in [0.4, 0.5) is 0 Å². The van der Waals surface area contributed by atoms with Gasteiger partial charge in [0.25, 0.3) is 5.91 Å². The number of ether oxygens (including phenoxy) is 1. The van der Waals surface area contributed by atoms with Gasteiger partial charge in [0.2, 0.25) is 0 Å². The van der Waals surface area contributed by atoms with Crippen LogP contribution in [-0.2, 0) is 11.4 Å². The Morgan fingerprint density at radius 3 is 2.55 bits per heavy atom. The van der Waals surface area contributed by atoms with Gasteiger partial charge in [0.15, 0.2) is 0 Å². The highest BCUT2D eigenvalue weighted by molar-refractivity contribution is 8.26. The van der Waals surface area contributed by atoms with E-state index in [1.54, 1.807) is 4.90 Å². The minimum atomic E-state index is -0.0628. The molecule has 0 bridgehead atoms. The Morgan fingerprint density at radius 1 is 1.05 bits per heavy atom. The van der Waals surface area contributed by atoms with Crippen molar-refractivity contribution in [3.63, 3.8) is 0 Å². The topological polar surface area (TPSA) is 47.4 Å². The first kappa shape index (κ1) is 26.2. The second-order valence-electron chi connectivity index (χ2n) is 9.34. The SMILES string of the molecule is CC(C)CN1C(=O)C(=Cc2cn(-c3ccccc3)nc2-c2cccc(OCc3ccc(Cl)cc3)c2)SC1=S. The fraction of sp³-hybridized carbons (Fsp3) is 0.167. The molecule has 2 heterocycles. The van der Waals surface area contributed by atoms with Crippen molar-refractivity contribution >= 4 is 51.9 Å². The van der Waals surface area contributed by atoms with Crippen molar-refractivity contribution in [3.05, 3.63) is 106 Å². The highest BCUT2D eigenvalue weighted by atomic mass is 35.5. The Hall–Kier alpha value is -3.39. The molecule has 0 saturated carbocycles. The molecule has 0 N–H and O–H groups in total. The number of hydrogen-bond donors (Lipinski definition) is 0. The zero-order valence-electron chi connectivity index (χ0n) is 21.0. The average Bonchev–Trinajstić information content (AvgIpc) is 3.45. The van der Waals surface area contributed by atoms with Crippen LogP contribution < -0.4 is 4.74 Å². The van der Waals surface area contributed by atoms with Crippen LogP contribution in [0.1, 0.15) is 25.0 Å². The van der Waals surface area contributed by atoms with Crippen molar-refractivity contribution in [3.8, 4) is 22.7 Å². The van der Waals surface area contributed by atoms with E-state index in [1.807, 2.05) is 95.8 Å². The molecule has 0 aliphatic carbocycles. The van der Waals surface area contributed by atoms with Gasteiger partial charge in [-0.25, -0.2) is 4.68 Å². The lowest BCUT2D eigenvalue weighted by Gasteiger charge is -2.16. The number of aromatic nitrogens is 2. The zero-order valence-corrected chi connectivity index (χ0v) is 23.4. The van der Waals surface area contributed by atoms with E-state index in [2.05, 4.69) is 13.8 Å². The molecule has 192 valence electrons. The van der Waals surface area contributed by atoms with Crippen molar-refractivity contribution in [2.24, 2.45) is 5.92 Å². The number of amides is 1. The van der Waals surface area contributed by atoms with Crippen molar-refractivity contribution < 1.29 is 9.53 Å². The molecule has 1 fully saturated rings. The zero-order chi connectivity index (χ0) is 26.6. The van der Waals surface area contributed by atoms with Gasteiger partial charge >= 0.3 is 0 Å². The highest BCUT2D eigenvalue weighted by Gasteiger charge is 2.32. The molecule has 0 unspecified atom stereocenters. The molecule has 1 aliphatic rings. The summed E-state index contributed by atoms with van der Waals surface area (Å²) >= 11 is 12.8. The molecule has 8 heteroatoms. The second kappa shape index (κ2) is 11.6. The van der Waals surface area contributed by atoms with Crippen LogP contribution in [0, 0.1) is 5.92 Å². The number of thioether (sulfide) groups is 1. The normalized spacial score (nSPS) is 14.6. The number of carbonyl (C=O) groups is 1. The number of hydrogen-bond acceptors (Lipinski definition) is 5. The molecule has 0 atom stereocenters. The maximum Gasteiger partial charge on any atom is 0.266 e. The lowest BCUT2D eigenvalue weighted by molar-refractivity contribution is -0.122. The van der Waals surface area contributed by atoms with Gasteiger partial charge in [-0.1, -0.05) is 91.9 Å². The van der Waals surface area contributed by atoms with Crippen LogP contribution in [0.25, 0.3) is 23.0 Å². The number of rotatable bonds is 8. The molecule has 5 nitrogen and oxygen atoms in total. The van der Waals surface area contributed by atoms with Gasteiger partial charge in [-0.2, -0.15) is 5.10 Å². The minimum absolute atomic E-state index is 0.0628. The van der Waals surface area contributed by atoms with Gasteiger partial charge in [0.05, 0.1) is 10.6 Å². The molecule has 0 radical (unpaired) electrons. The van der Waals surface area contributed by atoms with E-state index in [-0.39, 0.29) is 5.91 Å². The predicted octanol–water partition coefficient (Wildman–Crippen LogP) is 7.63. The van der Waals surface area contributed by atoms with Crippen molar-refractivity contribution in [1.29, 1.82) is 0 Å². The molecule has 38 heavy (non-hydrogen) atoms. The molecule has 1 aliphatic heterocycles. The van der Waals surface area contributed by atoms with Crippen LogP contribution in [0.3, 0.4) is 0 Å². The van der Waals surface area contributed by atoms with Gasteiger partial charge in [-0.3, -0.25) is 9.69 Å². The molecule has 3 aromatic carbocycles. The Bertz CT molecular complexity index is 1500. The third-order valence-electron chi connectivity index (χ3n) is 5.90. The summed E-state index contributed by atoms with van der Waals surface area (Å²) in [5, 5.41) is 5.60. The largest absolute Gasteiger partial charge is 0.489 e. The molecule has 4 aromatic rings. The van der Waals surface area contributed by atoms with Gasteiger partial charge in [-0.05, 0) is 54.0 Å². The Balaban J connectivity index is 1.49. The van der Waals surface area contributed by atoms with Gasteiger partial charge < -0.3 is 4.74 Å². The van der Waals surface area contributed by atoms with Gasteiger partial charge in [0, 0.05) is 28.9 Å². The van der Waals surface area contributed by atoms with Gasteiger partial charge in [-0.15, -0.1) is 0 Å². The van der Waals surface area contributed by atoms with Crippen molar-refractivity contribution in [1.82, 2.24) is 14.7 Å². The van der Waals surface area contributed by atoms with Crippen LogP contribution in [0.5, 0.6) is 5.75 Å². The van der Waals surface area contributed by atoms with Gasteiger partial charge in [0.1, 0.15) is 22.4 Å². The summed E-state index contributed by atoms with van der Waals surface area (Å²) in [4.78, 5) is 15.4. The van der Waals surface area contributed by atoms with Crippen LogP contribution in [-0.4, -0.2) is 31.5 Å². The Labute approximate surface area is 237 Å². The molecule has 5 rings (SSSR count). The third-order valence-corrected chi connectivity index (χ3v) is 7.53. The maximum atomic E-state index is 13.2. The summed E-state index contributed by atoms with van der Waals surface area (Å²) < 4.78 is 8.48. The van der Waals surface area contributed by atoms with Crippen LogP contribution in [0.2, 0.25) is 5.02 Å². The van der Waals surface area contributed by atoms with Crippen LogP contribution in [0.15, 0.2) is 90.0 Å². The second-order valence-corrected chi connectivity index (χ2v) is 11.5. The van der Waals surface area contributed by atoms with E-state index in [4.69, 9.17) is 33.7 Å². The fourth-order valence-corrected chi connectivity index (χ4v) is 5.47. The van der Waals surface area contributed by atoms with E-state index < -0.39 is 0 Å². The number of thiocarbonyl (C=S) groups is 1. The number of halogens is 1. The average molecular weight is 560 g/mol. The first-order valence-electron chi connectivity index (χ1n) is 12.3. The number of para-hydroxylation sites is 1. The molecular formula is C30H26ClN3O2S2. The summed E-state index contributed by atoms with van der Waals surface area (Å²) in [6.07, 6.45) is 3.84. The summed E-state index contributed by atoms with van der Waals surface area (Å²) in [5.74, 6) is 0.983. The molecular weight excluding hydrogens is 534 g/mol. The van der Waals surface area contributed by atoms with Crippen molar-refractivity contribution in [2.45, 2.75) is 20.5 Å². The lowest BCUT2D eigenvalue weighted by Crippen LogP contribution is -2.31. The smallest absolute Gasteiger partial charge is 0.266 e. The first-order valence-corrected chi connectivity index (χ1v) is 13.9. The van der Waals surface area contributed by atoms with E-state index in [0.29, 0.717) is 33.3 Å². The summed E-state index contributed by atoms with van der Waals surface area (Å²) in [6, 6.07) is 25.3. The minimum Gasteiger partial charge on any atom is -0.489 e. The predicted molar refractivity (Wildman–Crippen MR) is 160 cm³/mol. The Morgan fingerprint density at radius 2 is 1.82 bits per heavy atom. The maximum absolute atomic E-state index is 13.2. The quantitative estimate of drug-likeness (QED) is 0.164. The lowest BCUT2D eigenvalue weighted by atomic mass is 10.1. The number of benzene rings is 3. The van der Waals surface area contributed by atoms with E-state index >= 15 is 0 Å². The standard InChI is InChI=1S/C30H26ClN3O2S2/c1-20(2)17-33-29(35)27(38-30(33)37)16-23-18-34(25-8-4-3-5-9-25)32-28(23)22-7-6-10-26(15-22)36-19-21-11-13-24(31)14-12-21/h3-16,18,20H,17,19H2,1-2H3. The number of nitrogens with zero attached hydrogens (tertiary/aromatic N) is 3. The number of carbonyl (C=O) groups excluding carboxylic acids is 1. The Kier molecular flexibility index (Phi) is 7.98. The summed E-state index contributed by atoms with van der Waals surface area (Å²) in [7, 11) is 0. The van der Waals surface area contributed by atoms with Crippen molar-refractivity contribution in [2.75, 3.05) is 6.54 Å². The highest BCUT2D eigenvalue weighted by Crippen LogP contribution is 2.36. The van der Waals surface area contributed by atoms with E-state index in [0.717, 1.165) is 33.8 Å². The molecule has 1 aromatic heterocycles. The molecule has 0 spiro atoms. The fourth-order valence-electron chi connectivity index (χ4n) is 4.07. The molecule has 1 amide bonds. The summed E-state index contributed by atoms with van der Waals surface area (Å²) in [5.41, 5.74) is 4.42. The first-order chi connectivity index (χ1) is 18.4.